The average Bonchev–Trinajstić information content (AvgIpc) is 2.94. The molecule has 0 aromatic heterocycles. The zero-order valence-electron chi connectivity index (χ0n) is 24.8. The first kappa shape index (κ1) is 30.3. The zero-order chi connectivity index (χ0) is 27.2. The molecular formula is C36H53NO. The molecule has 1 aliphatic carbocycles. The van der Waals surface area contributed by atoms with Crippen LogP contribution in [-0.4, -0.2) is 6.61 Å². The summed E-state index contributed by atoms with van der Waals surface area (Å²) in [6.07, 6.45) is 16.9. The fourth-order valence-corrected chi connectivity index (χ4v) is 6.05. The lowest BCUT2D eigenvalue weighted by atomic mass is 9.67. The van der Waals surface area contributed by atoms with E-state index in [4.69, 9.17) is 4.74 Å². The van der Waals surface area contributed by atoms with E-state index in [2.05, 4.69) is 82.3 Å². The molecule has 0 heterocycles. The smallest absolute Gasteiger partial charge is 0.119 e. The fourth-order valence-electron chi connectivity index (χ4n) is 6.05. The van der Waals surface area contributed by atoms with Crippen molar-refractivity contribution in [1.29, 1.82) is 5.26 Å². The van der Waals surface area contributed by atoms with Gasteiger partial charge in [-0.1, -0.05) is 109 Å². The van der Waals surface area contributed by atoms with Gasteiger partial charge in [-0.05, 0) is 91.5 Å². The SMILES string of the molecule is CCCCCCCOc1ccc(-c2ccc(C3CCC(C#N)(CC[C@@H](C)CCCC(C)C)CC3)cc2)cc1. The van der Waals surface area contributed by atoms with Crippen LogP contribution in [0.2, 0.25) is 0 Å². The van der Waals surface area contributed by atoms with Gasteiger partial charge in [-0.15, -0.1) is 0 Å². The van der Waals surface area contributed by atoms with Gasteiger partial charge in [0, 0.05) is 0 Å². The van der Waals surface area contributed by atoms with Crippen LogP contribution in [0.1, 0.15) is 129 Å². The van der Waals surface area contributed by atoms with Gasteiger partial charge >= 0.3 is 0 Å². The molecule has 0 spiro atoms. The van der Waals surface area contributed by atoms with Crippen LogP contribution in [-0.2, 0) is 0 Å². The number of nitriles is 1. The summed E-state index contributed by atoms with van der Waals surface area (Å²) in [7, 11) is 0. The van der Waals surface area contributed by atoms with Crippen LogP contribution in [0.4, 0.5) is 0 Å². The highest BCUT2D eigenvalue weighted by Gasteiger charge is 2.35. The molecule has 0 unspecified atom stereocenters. The normalized spacial score (nSPS) is 20.3. The molecule has 0 amide bonds. The summed E-state index contributed by atoms with van der Waals surface area (Å²) in [5.74, 6) is 3.09. The molecule has 2 nitrogen and oxygen atoms in total. The minimum absolute atomic E-state index is 0.0952. The summed E-state index contributed by atoms with van der Waals surface area (Å²) >= 11 is 0. The highest BCUT2D eigenvalue weighted by molar-refractivity contribution is 5.64. The number of unbranched alkanes of at least 4 members (excludes halogenated alkanes) is 4. The number of hydrogen-bond acceptors (Lipinski definition) is 2. The minimum Gasteiger partial charge on any atom is -0.494 e. The second-order valence-corrected chi connectivity index (χ2v) is 12.5. The number of ether oxygens (including phenoxy) is 1. The molecule has 1 fully saturated rings. The molecule has 0 bridgehead atoms. The molecule has 1 atom stereocenters. The quantitative estimate of drug-likeness (QED) is 0.208. The van der Waals surface area contributed by atoms with Gasteiger partial charge in [0.25, 0.3) is 0 Å². The molecule has 38 heavy (non-hydrogen) atoms. The fraction of sp³-hybridized carbons (Fsp3) is 0.639. The van der Waals surface area contributed by atoms with Gasteiger partial charge < -0.3 is 4.74 Å². The van der Waals surface area contributed by atoms with Crippen LogP contribution in [0.25, 0.3) is 11.1 Å². The van der Waals surface area contributed by atoms with Gasteiger partial charge in [0.15, 0.2) is 0 Å². The largest absolute Gasteiger partial charge is 0.494 e. The summed E-state index contributed by atoms with van der Waals surface area (Å²) in [6.45, 7) is 10.1. The van der Waals surface area contributed by atoms with E-state index in [0.717, 1.165) is 62.7 Å². The van der Waals surface area contributed by atoms with Crippen LogP contribution in [0, 0.1) is 28.6 Å². The summed E-state index contributed by atoms with van der Waals surface area (Å²) in [5.41, 5.74) is 3.84. The molecule has 0 N–H and O–H groups in total. The molecule has 0 radical (unpaired) electrons. The van der Waals surface area contributed by atoms with Crippen molar-refractivity contribution in [2.75, 3.05) is 6.61 Å². The lowest BCUT2D eigenvalue weighted by molar-refractivity contribution is 0.211. The zero-order valence-corrected chi connectivity index (χ0v) is 24.8. The number of benzene rings is 2. The molecule has 0 saturated heterocycles. The first-order valence-corrected chi connectivity index (χ1v) is 15.7. The molecular weight excluding hydrogens is 462 g/mol. The highest BCUT2D eigenvalue weighted by atomic mass is 16.5. The van der Waals surface area contributed by atoms with Crippen molar-refractivity contribution in [3.63, 3.8) is 0 Å². The van der Waals surface area contributed by atoms with E-state index in [0.29, 0.717) is 5.92 Å². The Morgan fingerprint density at radius 3 is 2.05 bits per heavy atom. The topological polar surface area (TPSA) is 33.0 Å². The maximum Gasteiger partial charge on any atom is 0.119 e. The lowest BCUT2D eigenvalue weighted by Gasteiger charge is -2.36. The Morgan fingerprint density at radius 1 is 0.816 bits per heavy atom. The first-order chi connectivity index (χ1) is 18.4. The Labute approximate surface area is 234 Å². The van der Waals surface area contributed by atoms with Gasteiger partial charge in [0.2, 0.25) is 0 Å². The standard InChI is InChI=1S/C36H53NO/c1-5-6-7-8-9-27-38-35-19-17-33(18-20-35)31-13-15-32(16-14-31)34-22-25-36(28-37,26-23-34)24-21-30(4)12-10-11-29(2)3/h13-20,29-30,34H,5-12,21-27H2,1-4H3/t30-,34?,36?/m0/s1. The van der Waals surface area contributed by atoms with E-state index in [1.54, 1.807) is 0 Å². The molecule has 1 aliphatic rings. The average molecular weight is 516 g/mol. The van der Waals surface area contributed by atoms with E-state index in [-0.39, 0.29) is 5.41 Å². The third-order valence-electron chi connectivity index (χ3n) is 8.86. The summed E-state index contributed by atoms with van der Waals surface area (Å²) in [4.78, 5) is 0. The van der Waals surface area contributed by atoms with Crippen molar-refractivity contribution in [3.05, 3.63) is 54.1 Å². The summed E-state index contributed by atoms with van der Waals surface area (Å²) < 4.78 is 5.93. The Hall–Kier alpha value is -2.27. The van der Waals surface area contributed by atoms with Gasteiger partial charge in [0.1, 0.15) is 5.75 Å². The summed E-state index contributed by atoms with van der Waals surface area (Å²) in [5, 5.41) is 10.1. The maximum absolute atomic E-state index is 10.1. The number of hydrogen-bond donors (Lipinski definition) is 0. The Bertz CT molecular complexity index is 944. The van der Waals surface area contributed by atoms with Gasteiger partial charge in [-0.25, -0.2) is 0 Å². The van der Waals surface area contributed by atoms with Crippen molar-refractivity contribution in [2.45, 2.75) is 124 Å². The highest BCUT2D eigenvalue weighted by Crippen LogP contribution is 2.46. The first-order valence-electron chi connectivity index (χ1n) is 15.7. The van der Waals surface area contributed by atoms with Crippen LogP contribution in [0.5, 0.6) is 5.75 Å². The molecule has 2 aromatic rings. The molecule has 208 valence electrons. The number of rotatable bonds is 16. The van der Waals surface area contributed by atoms with Crippen LogP contribution in [0.3, 0.4) is 0 Å². The van der Waals surface area contributed by atoms with Gasteiger partial charge in [-0.3, -0.25) is 0 Å². The van der Waals surface area contributed by atoms with Crippen molar-refractivity contribution in [1.82, 2.24) is 0 Å². The van der Waals surface area contributed by atoms with Crippen molar-refractivity contribution < 1.29 is 4.74 Å². The Kier molecular flexibility index (Phi) is 12.7. The third-order valence-corrected chi connectivity index (χ3v) is 8.86. The van der Waals surface area contributed by atoms with Crippen molar-refractivity contribution in [3.8, 4) is 22.9 Å². The second-order valence-electron chi connectivity index (χ2n) is 12.5. The van der Waals surface area contributed by atoms with Gasteiger partial charge in [0.05, 0.1) is 18.1 Å². The predicted octanol–water partition coefficient (Wildman–Crippen LogP) is 11.1. The van der Waals surface area contributed by atoms with E-state index >= 15 is 0 Å². The van der Waals surface area contributed by atoms with Gasteiger partial charge in [-0.2, -0.15) is 5.26 Å². The molecule has 3 rings (SSSR count). The van der Waals surface area contributed by atoms with Crippen LogP contribution >= 0.6 is 0 Å². The minimum atomic E-state index is -0.0952. The van der Waals surface area contributed by atoms with E-state index in [1.165, 1.54) is 68.1 Å². The van der Waals surface area contributed by atoms with E-state index in [9.17, 15) is 5.26 Å². The monoisotopic (exact) mass is 515 g/mol. The molecule has 2 aromatic carbocycles. The van der Waals surface area contributed by atoms with E-state index in [1.807, 2.05) is 0 Å². The Morgan fingerprint density at radius 2 is 1.45 bits per heavy atom. The van der Waals surface area contributed by atoms with E-state index < -0.39 is 0 Å². The molecule has 2 heteroatoms. The third kappa shape index (κ3) is 9.80. The van der Waals surface area contributed by atoms with Crippen molar-refractivity contribution in [2.24, 2.45) is 17.3 Å². The number of nitrogens with zero attached hydrogens (tertiary/aromatic N) is 1. The predicted molar refractivity (Wildman–Crippen MR) is 162 cm³/mol. The summed E-state index contributed by atoms with van der Waals surface area (Å²) in [6, 6.07) is 20.5. The van der Waals surface area contributed by atoms with Crippen LogP contribution < -0.4 is 4.74 Å². The van der Waals surface area contributed by atoms with Crippen molar-refractivity contribution >= 4 is 0 Å². The maximum atomic E-state index is 10.1. The Balaban J connectivity index is 1.44. The molecule has 0 aliphatic heterocycles. The lowest BCUT2D eigenvalue weighted by Crippen LogP contribution is -2.26. The molecule has 1 saturated carbocycles. The van der Waals surface area contributed by atoms with Crippen LogP contribution in [0.15, 0.2) is 48.5 Å². The second kappa shape index (κ2) is 16.0.